The lowest BCUT2D eigenvalue weighted by Gasteiger charge is -2.30. The topological polar surface area (TPSA) is 114 Å². The molecule has 0 spiro atoms. The van der Waals surface area contributed by atoms with Crippen molar-refractivity contribution in [3.8, 4) is 5.75 Å². The van der Waals surface area contributed by atoms with Crippen LogP contribution in [0.2, 0.25) is 10.0 Å². The number of carbonyl (C=O) groups is 5. The van der Waals surface area contributed by atoms with E-state index in [0.717, 1.165) is 15.6 Å². The molecule has 3 aromatic rings. The van der Waals surface area contributed by atoms with Gasteiger partial charge < -0.3 is 9.15 Å². The summed E-state index contributed by atoms with van der Waals surface area (Å²) in [6, 6.07) is 12.8. The molecule has 5 rings (SSSR count). The summed E-state index contributed by atoms with van der Waals surface area (Å²) in [5.41, 5.74) is 1.11. The van der Waals surface area contributed by atoms with Crippen LogP contribution < -0.4 is 4.74 Å². The molecule has 1 saturated heterocycles. The molecule has 9 nitrogen and oxygen atoms in total. The summed E-state index contributed by atoms with van der Waals surface area (Å²) in [7, 11) is 0. The van der Waals surface area contributed by atoms with Gasteiger partial charge in [0.15, 0.2) is 5.78 Å². The molecule has 3 amide bonds. The molecular formula is C29H22Cl2N2O7. The summed E-state index contributed by atoms with van der Waals surface area (Å²) < 4.78 is 10.2. The highest BCUT2D eigenvalue weighted by atomic mass is 35.5. The molecule has 1 aromatic heterocycles. The van der Waals surface area contributed by atoms with Crippen molar-refractivity contribution in [2.45, 2.75) is 19.8 Å². The monoisotopic (exact) mass is 580 g/mol. The van der Waals surface area contributed by atoms with Crippen LogP contribution in [0, 0.1) is 11.8 Å². The number of hydrazine groups is 1. The summed E-state index contributed by atoms with van der Waals surface area (Å²) in [4.78, 5) is 66.0. The zero-order chi connectivity index (χ0) is 28.6. The maximum atomic E-state index is 13.7. The van der Waals surface area contributed by atoms with Gasteiger partial charge in [0.1, 0.15) is 12.3 Å². The molecule has 0 radical (unpaired) electrons. The maximum Gasteiger partial charge on any atom is 0.379 e. The number of nitrogens with zero attached hydrogens (tertiary/aromatic N) is 2. The number of hydrogen-bond donors (Lipinski definition) is 0. The predicted octanol–water partition coefficient (Wildman–Crippen LogP) is 5.39. The van der Waals surface area contributed by atoms with Crippen molar-refractivity contribution in [1.82, 2.24) is 10.0 Å². The highest BCUT2D eigenvalue weighted by Crippen LogP contribution is 2.39. The van der Waals surface area contributed by atoms with Crippen molar-refractivity contribution in [3.63, 3.8) is 0 Å². The Kier molecular flexibility index (Phi) is 7.60. The number of Topliss-reactive ketones (excluding diaryl/α,β-unsaturated/α-hetero) is 1. The molecular weight excluding hydrogens is 559 g/mol. The quantitative estimate of drug-likeness (QED) is 0.121. The zero-order valence-electron chi connectivity index (χ0n) is 21.1. The molecule has 0 saturated carbocycles. The van der Waals surface area contributed by atoms with Gasteiger partial charge in [-0.1, -0.05) is 34.9 Å². The Morgan fingerprint density at radius 3 is 2.42 bits per heavy atom. The molecule has 1 fully saturated rings. The number of hydrogen-bond acceptors (Lipinski definition) is 7. The van der Waals surface area contributed by atoms with Gasteiger partial charge in [-0.15, -0.1) is 0 Å². The lowest BCUT2D eigenvalue weighted by molar-refractivity contribution is -0.154. The third-order valence-corrected chi connectivity index (χ3v) is 7.39. The van der Waals surface area contributed by atoms with Crippen LogP contribution in [0.25, 0.3) is 0 Å². The molecule has 1 aliphatic heterocycles. The second kappa shape index (κ2) is 11.1. The highest BCUT2D eigenvalue weighted by Gasteiger charge is 2.52. The molecule has 2 atom stereocenters. The number of furan rings is 1. The standard InChI is InChI=1S/C29H22Cl2N2O7/c1-16-4-10-20-22(13-16)28(37)33(27(20)36)32(26(35)21-11-7-18(30)14-23(21)31)15-24(34)17-5-8-19(9-6-17)40-29(38)25-3-2-12-39-25/h2-9,11-12,14,20,22H,10,13,15H2,1H3/t20-,22+/m0/s1. The van der Waals surface area contributed by atoms with Crippen molar-refractivity contribution >= 4 is 52.7 Å². The summed E-state index contributed by atoms with van der Waals surface area (Å²) in [5, 5.41) is 1.93. The van der Waals surface area contributed by atoms with Crippen molar-refractivity contribution in [2.24, 2.45) is 11.8 Å². The van der Waals surface area contributed by atoms with E-state index in [2.05, 4.69) is 0 Å². The minimum Gasteiger partial charge on any atom is -0.457 e. The van der Waals surface area contributed by atoms with Gasteiger partial charge >= 0.3 is 5.97 Å². The molecule has 2 aromatic carbocycles. The molecule has 1 aliphatic carbocycles. The number of carbonyl (C=O) groups excluding carboxylic acids is 5. The number of ether oxygens (including phenoxy) is 1. The van der Waals surface area contributed by atoms with Gasteiger partial charge in [-0.2, -0.15) is 5.01 Å². The maximum absolute atomic E-state index is 13.7. The Hall–Kier alpha value is -4.21. The van der Waals surface area contributed by atoms with E-state index in [-0.39, 0.29) is 32.7 Å². The number of amides is 3. The largest absolute Gasteiger partial charge is 0.457 e. The van der Waals surface area contributed by atoms with Crippen molar-refractivity contribution in [3.05, 3.63) is 99.4 Å². The summed E-state index contributed by atoms with van der Waals surface area (Å²) in [6.45, 7) is 1.26. The highest BCUT2D eigenvalue weighted by molar-refractivity contribution is 6.36. The van der Waals surface area contributed by atoms with E-state index in [4.69, 9.17) is 32.4 Å². The van der Waals surface area contributed by atoms with Crippen LogP contribution in [0.5, 0.6) is 5.75 Å². The minimum atomic E-state index is -0.802. The normalized spacial score (nSPS) is 18.3. The van der Waals surface area contributed by atoms with Crippen molar-refractivity contribution < 1.29 is 33.1 Å². The fraction of sp³-hybridized carbons (Fsp3) is 0.207. The summed E-state index contributed by atoms with van der Waals surface area (Å²) in [5.74, 6) is -4.23. The van der Waals surface area contributed by atoms with E-state index < -0.39 is 47.9 Å². The van der Waals surface area contributed by atoms with Crippen LogP contribution in [0.4, 0.5) is 0 Å². The number of rotatable bonds is 7. The van der Waals surface area contributed by atoms with Gasteiger partial charge in [0.2, 0.25) is 5.76 Å². The fourth-order valence-electron chi connectivity index (χ4n) is 4.78. The minimum absolute atomic E-state index is 0.00620. The number of halogens is 2. The van der Waals surface area contributed by atoms with E-state index in [1.807, 2.05) is 13.0 Å². The van der Waals surface area contributed by atoms with E-state index >= 15 is 0 Å². The number of fused-ring (bicyclic) bond motifs is 1. The molecule has 204 valence electrons. The first-order valence-electron chi connectivity index (χ1n) is 12.3. The second-order valence-electron chi connectivity index (χ2n) is 9.49. The van der Waals surface area contributed by atoms with Crippen LogP contribution in [0.15, 0.2) is 76.9 Å². The SMILES string of the molecule is CC1=CC[C@@H]2C(=O)N(N(CC(=O)c3ccc(OC(=O)c4ccco4)cc3)C(=O)c3ccc(Cl)cc3Cl)C(=O)[C@@H]2C1. The molecule has 0 N–H and O–H groups in total. The molecule has 11 heteroatoms. The molecule has 2 aliphatic rings. The number of imide groups is 1. The first kappa shape index (κ1) is 27.4. The third-order valence-electron chi connectivity index (χ3n) is 6.84. The predicted molar refractivity (Wildman–Crippen MR) is 144 cm³/mol. The van der Waals surface area contributed by atoms with E-state index in [1.54, 1.807) is 6.07 Å². The van der Waals surface area contributed by atoms with E-state index in [0.29, 0.717) is 12.8 Å². The summed E-state index contributed by atoms with van der Waals surface area (Å²) >= 11 is 12.3. The fourth-order valence-corrected chi connectivity index (χ4v) is 5.27. The van der Waals surface area contributed by atoms with Crippen LogP contribution >= 0.6 is 23.2 Å². The second-order valence-corrected chi connectivity index (χ2v) is 10.3. The van der Waals surface area contributed by atoms with Crippen LogP contribution in [-0.4, -0.2) is 46.0 Å². The van der Waals surface area contributed by atoms with E-state index in [1.165, 1.54) is 54.8 Å². The molecule has 0 bridgehead atoms. The van der Waals surface area contributed by atoms with Crippen LogP contribution in [0.3, 0.4) is 0 Å². The van der Waals surface area contributed by atoms with Gasteiger partial charge in [0.05, 0.1) is 28.7 Å². The van der Waals surface area contributed by atoms with E-state index in [9.17, 15) is 24.0 Å². The van der Waals surface area contributed by atoms with Gasteiger partial charge in [-0.25, -0.2) is 9.80 Å². The third kappa shape index (κ3) is 5.30. The lowest BCUT2D eigenvalue weighted by atomic mass is 9.82. The Bertz CT molecular complexity index is 1550. The molecule has 2 heterocycles. The summed E-state index contributed by atoms with van der Waals surface area (Å²) in [6.07, 6.45) is 4.00. The van der Waals surface area contributed by atoms with Crippen LogP contribution in [0.1, 0.15) is 51.0 Å². The van der Waals surface area contributed by atoms with Crippen molar-refractivity contribution in [2.75, 3.05) is 6.54 Å². The van der Waals surface area contributed by atoms with Crippen LogP contribution in [-0.2, 0) is 9.59 Å². The van der Waals surface area contributed by atoms with Crippen molar-refractivity contribution in [1.29, 1.82) is 0 Å². The average molecular weight is 581 g/mol. The Balaban J connectivity index is 1.41. The Morgan fingerprint density at radius 1 is 1.02 bits per heavy atom. The zero-order valence-corrected chi connectivity index (χ0v) is 22.6. The van der Waals surface area contributed by atoms with Gasteiger partial charge in [0, 0.05) is 10.6 Å². The smallest absolute Gasteiger partial charge is 0.379 e. The number of benzene rings is 2. The first-order valence-corrected chi connectivity index (χ1v) is 13.1. The van der Waals surface area contributed by atoms with Gasteiger partial charge in [-0.05, 0) is 74.4 Å². The first-order chi connectivity index (χ1) is 19.1. The molecule has 40 heavy (non-hydrogen) atoms. The Morgan fingerprint density at radius 2 is 1.75 bits per heavy atom. The number of allylic oxidation sites excluding steroid dienone is 2. The lowest BCUT2D eigenvalue weighted by Crippen LogP contribution is -2.52. The molecule has 0 unspecified atom stereocenters. The van der Waals surface area contributed by atoms with Gasteiger partial charge in [0.25, 0.3) is 17.7 Å². The Labute approximate surface area is 238 Å². The average Bonchev–Trinajstić information content (AvgIpc) is 3.55. The van der Waals surface area contributed by atoms with Gasteiger partial charge in [-0.3, -0.25) is 19.2 Å². The number of ketones is 1. The number of esters is 1.